The Morgan fingerprint density at radius 3 is 2.28 bits per heavy atom. The molecule has 2 aromatic heterocycles. The van der Waals surface area contributed by atoms with Gasteiger partial charge in [0.1, 0.15) is 11.6 Å². The second-order valence-corrected chi connectivity index (χ2v) is 7.96. The van der Waals surface area contributed by atoms with E-state index >= 15 is 0 Å². The Hall–Kier alpha value is -3.17. The molecule has 8 nitrogen and oxygen atoms in total. The summed E-state index contributed by atoms with van der Waals surface area (Å²) in [5, 5.41) is 7.56. The number of nitrogens with one attached hydrogen (secondary N) is 2. The van der Waals surface area contributed by atoms with Crippen molar-refractivity contribution in [2.75, 3.05) is 10.0 Å². The monoisotopic (exact) mass is 430 g/mol. The predicted octanol–water partition coefficient (Wildman–Crippen LogP) is 3.71. The summed E-state index contributed by atoms with van der Waals surface area (Å²) in [6.07, 6.45) is 0. The van der Waals surface area contributed by atoms with Crippen LogP contribution in [0.5, 0.6) is 0 Å². The molecule has 0 atom stereocenters. The van der Waals surface area contributed by atoms with Crippen LogP contribution in [-0.4, -0.2) is 28.0 Å². The standard InChI is InChI=1S/C19H18N6O2S.ClH/c1-13-12-18(25-19(20-13)21-14(2)23-25)22-15-8-10-17(11-9-15)28(26,27)24-16-6-4-3-5-7-16;/h3-12,22,24H,1-2H3;1H. The van der Waals surface area contributed by atoms with Crippen molar-refractivity contribution in [3.8, 4) is 0 Å². The molecule has 0 unspecified atom stereocenters. The number of halogens is 1. The highest BCUT2D eigenvalue weighted by atomic mass is 35.5. The van der Waals surface area contributed by atoms with Crippen molar-refractivity contribution in [3.63, 3.8) is 0 Å². The van der Waals surface area contributed by atoms with Gasteiger partial charge in [0.25, 0.3) is 15.8 Å². The second kappa shape index (κ2) is 8.06. The molecule has 2 aromatic carbocycles. The second-order valence-electron chi connectivity index (χ2n) is 6.27. The summed E-state index contributed by atoms with van der Waals surface area (Å²) in [6, 6.07) is 17.1. The molecule has 0 spiro atoms. The van der Waals surface area contributed by atoms with Crippen molar-refractivity contribution in [3.05, 3.63) is 72.2 Å². The molecule has 0 amide bonds. The molecule has 2 N–H and O–H groups in total. The lowest BCUT2D eigenvalue weighted by molar-refractivity contribution is 0.601. The molecule has 0 fully saturated rings. The molecule has 0 saturated carbocycles. The fraction of sp³-hybridized carbons (Fsp3) is 0.105. The highest BCUT2D eigenvalue weighted by Gasteiger charge is 2.14. The highest BCUT2D eigenvalue weighted by Crippen LogP contribution is 2.21. The third kappa shape index (κ3) is 4.47. The van der Waals surface area contributed by atoms with E-state index in [-0.39, 0.29) is 17.3 Å². The number of sulfonamides is 1. The van der Waals surface area contributed by atoms with Crippen LogP contribution in [0, 0.1) is 13.8 Å². The van der Waals surface area contributed by atoms with Gasteiger partial charge in [-0.05, 0) is 50.2 Å². The van der Waals surface area contributed by atoms with Crippen LogP contribution < -0.4 is 10.0 Å². The molecule has 0 saturated heterocycles. The van der Waals surface area contributed by atoms with Crippen molar-refractivity contribution in [1.82, 2.24) is 19.6 Å². The summed E-state index contributed by atoms with van der Waals surface area (Å²) in [6.45, 7) is 3.67. The number of aryl methyl sites for hydroxylation is 2. The van der Waals surface area contributed by atoms with Gasteiger partial charge in [-0.3, -0.25) is 4.72 Å². The Morgan fingerprint density at radius 2 is 1.59 bits per heavy atom. The number of hydrogen-bond acceptors (Lipinski definition) is 6. The quantitative estimate of drug-likeness (QED) is 0.500. The van der Waals surface area contributed by atoms with Crippen molar-refractivity contribution in [2.45, 2.75) is 18.7 Å². The fourth-order valence-electron chi connectivity index (χ4n) is 2.76. The average molecular weight is 431 g/mol. The molecule has 0 radical (unpaired) electrons. The van der Waals surface area contributed by atoms with Crippen LogP contribution in [0.25, 0.3) is 5.78 Å². The van der Waals surface area contributed by atoms with Gasteiger partial charge in [0.05, 0.1) is 4.90 Å². The molecule has 4 aromatic rings. The van der Waals surface area contributed by atoms with Crippen LogP contribution in [0.2, 0.25) is 0 Å². The van der Waals surface area contributed by atoms with Crippen molar-refractivity contribution < 1.29 is 8.42 Å². The van der Waals surface area contributed by atoms with Crippen molar-refractivity contribution in [2.24, 2.45) is 0 Å². The zero-order valence-corrected chi connectivity index (χ0v) is 17.3. The van der Waals surface area contributed by atoms with E-state index in [4.69, 9.17) is 0 Å². The number of rotatable bonds is 5. The van der Waals surface area contributed by atoms with Gasteiger partial charge < -0.3 is 5.32 Å². The normalized spacial score (nSPS) is 11.1. The Labute approximate surface area is 174 Å². The van der Waals surface area contributed by atoms with Gasteiger partial charge in [0, 0.05) is 23.1 Å². The summed E-state index contributed by atoms with van der Waals surface area (Å²) < 4.78 is 29.2. The highest BCUT2D eigenvalue weighted by molar-refractivity contribution is 7.92. The number of benzene rings is 2. The average Bonchev–Trinajstić information content (AvgIpc) is 3.03. The number of aromatic nitrogens is 4. The van der Waals surface area contributed by atoms with E-state index in [9.17, 15) is 8.42 Å². The topological polar surface area (TPSA) is 101 Å². The zero-order chi connectivity index (χ0) is 19.7. The van der Waals surface area contributed by atoms with Crippen LogP contribution in [0.15, 0.2) is 65.6 Å². The minimum absolute atomic E-state index is 0. The van der Waals surface area contributed by atoms with Crippen LogP contribution in [0.3, 0.4) is 0 Å². The first-order valence-corrected chi connectivity index (χ1v) is 10.0. The molecular formula is C19H19ClN6O2S. The van der Waals surface area contributed by atoms with E-state index in [2.05, 4.69) is 25.1 Å². The molecule has 0 bridgehead atoms. The summed E-state index contributed by atoms with van der Waals surface area (Å²) in [4.78, 5) is 8.80. The third-order valence-corrected chi connectivity index (χ3v) is 5.41. The lowest BCUT2D eigenvalue weighted by atomic mass is 10.3. The van der Waals surface area contributed by atoms with Gasteiger partial charge in [-0.25, -0.2) is 13.4 Å². The molecule has 29 heavy (non-hydrogen) atoms. The summed E-state index contributed by atoms with van der Waals surface area (Å²) in [7, 11) is -3.66. The fourth-order valence-corrected chi connectivity index (χ4v) is 3.82. The van der Waals surface area contributed by atoms with Gasteiger partial charge in [-0.2, -0.15) is 9.50 Å². The Morgan fingerprint density at radius 1 is 0.897 bits per heavy atom. The van der Waals surface area contributed by atoms with Gasteiger partial charge in [-0.15, -0.1) is 17.5 Å². The van der Waals surface area contributed by atoms with Gasteiger partial charge in [0.2, 0.25) is 0 Å². The van der Waals surface area contributed by atoms with Crippen LogP contribution in [0.4, 0.5) is 17.2 Å². The molecule has 150 valence electrons. The van der Waals surface area contributed by atoms with Crippen LogP contribution in [0.1, 0.15) is 11.5 Å². The van der Waals surface area contributed by atoms with Gasteiger partial charge >= 0.3 is 0 Å². The first-order valence-electron chi connectivity index (χ1n) is 8.57. The Bertz CT molecular complexity index is 1240. The lowest BCUT2D eigenvalue weighted by Crippen LogP contribution is -2.12. The first-order chi connectivity index (χ1) is 13.4. The largest absolute Gasteiger partial charge is 0.340 e. The van der Waals surface area contributed by atoms with E-state index in [0.29, 0.717) is 23.1 Å². The van der Waals surface area contributed by atoms with E-state index in [1.54, 1.807) is 60.0 Å². The SMILES string of the molecule is Cc1cc(Nc2ccc(S(=O)(=O)Nc3ccccc3)cc2)n2nc(C)nc2n1.Cl. The van der Waals surface area contributed by atoms with Crippen molar-refractivity contribution in [1.29, 1.82) is 0 Å². The molecular weight excluding hydrogens is 412 g/mol. The van der Waals surface area contributed by atoms with Gasteiger partial charge in [-0.1, -0.05) is 18.2 Å². The van der Waals surface area contributed by atoms with Crippen molar-refractivity contribution >= 4 is 45.4 Å². The third-order valence-electron chi connectivity index (χ3n) is 4.01. The first kappa shape index (κ1) is 20.6. The molecule has 2 heterocycles. The predicted molar refractivity (Wildman–Crippen MR) is 114 cm³/mol. The maximum absolute atomic E-state index is 12.5. The Balaban J connectivity index is 0.00000240. The van der Waals surface area contributed by atoms with Crippen LogP contribution >= 0.6 is 12.4 Å². The molecule has 10 heteroatoms. The van der Waals surface area contributed by atoms with E-state index < -0.39 is 10.0 Å². The van der Waals surface area contributed by atoms with Crippen LogP contribution in [-0.2, 0) is 10.0 Å². The number of nitrogens with zero attached hydrogens (tertiary/aromatic N) is 4. The summed E-state index contributed by atoms with van der Waals surface area (Å²) in [5.74, 6) is 1.82. The Kier molecular flexibility index (Phi) is 5.71. The molecule has 0 aliphatic rings. The van der Waals surface area contributed by atoms with Gasteiger partial charge in [0.15, 0.2) is 0 Å². The minimum Gasteiger partial charge on any atom is -0.340 e. The van der Waals surface area contributed by atoms with E-state index in [1.165, 1.54) is 0 Å². The number of para-hydroxylation sites is 1. The maximum atomic E-state index is 12.5. The van der Waals surface area contributed by atoms with E-state index in [0.717, 1.165) is 11.4 Å². The molecule has 0 aliphatic heterocycles. The smallest absolute Gasteiger partial charge is 0.261 e. The maximum Gasteiger partial charge on any atom is 0.261 e. The molecule has 4 rings (SSSR count). The zero-order valence-electron chi connectivity index (χ0n) is 15.7. The summed E-state index contributed by atoms with van der Waals surface area (Å²) in [5.41, 5.74) is 2.04. The number of anilines is 3. The number of fused-ring (bicyclic) bond motifs is 1. The van der Waals surface area contributed by atoms with E-state index in [1.807, 2.05) is 19.1 Å². The molecule has 0 aliphatic carbocycles. The minimum atomic E-state index is -3.66. The lowest BCUT2D eigenvalue weighted by Gasteiger charge is -2.11. The number of hydrogen-bond donors (Lipinski definition) is 2. The summed E-state index contributed by atoms with van der Waals surface area (Å²) >= 11 is 0.